The van der Waals surface area contributed by atoms with Crippen LogP contribution in [0.2, 0.25) is 0 Å². The molecule has 0 aliphatic carbocycles. The summed E-state index contributed by atoms with van der Waals surface area (Å²) in [5.41, 5.74) is -0.209. The number of aryl methyl sites for hydroxylation is 1. The zero-order valence-electron chi connectivity index (χ0n) is 19.4. The molecule has 1 aliphatic heterocycles. The second-order valence-electron chi connectivity index (χ2n) is 8.10. The van der Waals surface area contributed by atoms with Gasteiger partial charge in [0.05, 0.1) is 27.5 Å². The van der Waals surface area contributed by atoms with E-state index in [-0.39, 0.29) is 16.2 Å². The van der Waals surface area contributed by atoms with Gasteiger partial charge in [0.1, 0.15) is 5.69 Å². The summed E-state index contributed by atoms with van der Waals surface area (Å²) in [7, 11) is -3.78. The molecular formula is C23H29F3N4O3S. The molecule has 0 unspecified atom stereocenters. The third-order valence-electron chi connectivity index (χ3n) is 5.88. The largest absolute Gasteiger partial charge is 0.433 e. The molecule has 1 fully saturated rings. The number of rotatable bonds is 7. The smallest absolute Gasteiger partial charge is 0.370 e. The molecule has 1 amide bonds. The Hall–Kier alpha value is -2.66. The molecule has 3 rings (SSSR count). The quantitative estimate of drug-likeness (QED) is 0.599. The van der Waals surface area contributed by atoms with Gasteiger partial charge < -0.3 is 10.2 Å². The number of carbonyl (C=O) groups is 1. The molecule has 7 nitrogen and oxygen atoms in total. The van der Waals surface area contributed by atoms with Crippen molar-refractivity contribution in [1.29, 1.82) is 0 Å². The Morgan fingerprint density at radius 3 is 2.29 bits per heavy atom. The maximum atomic E-state index is 13.1. The zero-order valence-corrected chi connectivity index (χ0v) is 20.3. The van der Waals surface area contributed by atoms with Crippen molar-refractivity contribution in [3.63, 3.8) is 0 Å². The predicted molar refractivity (Wildman–Crippen MR) is 125 cm³/mol. The molecule has 1 aromatic heterocycles. The summed E-state index contributed by atoms with van der Waals surface area (Å²) < 4.78 is 66.3. The van der Waals surface area contributed by atoms with Gasteiger partial charge in [-0.15, -0.1) is 0 Å². The topological polar surface area (TPSA) is 82.6 Å². The lowest BCUT2D eigenvalue weighted by molar-refractivity contribution is -0.141. The van der Waals surface area contributed by atoms with E-state index in [0.717, 1.165) is 44.5 Å². The molecule has 0 saturated carbocycles. The number of alkyl halides is 3. The van der Waals surface area contributed by atoms with Gasteiger partial charge >= 0.3 is 6.18 Å². The summed E-state index contributed by atoms with van der Waals surface area (Å²) in [6, 6.07) is 6.46. The molecule has 2 aromatic rings. The summed E-state index contributed by atoms with van der Waals surface area (Å²) in [6.07, 6.45) is -1.60. The van der Waals surface area contributed by atoms with Gasteiger partial charge in [0, 0.05) is 26.2 Å². The SMILES string of the molecule is CCN(CC)S(=O)(=O)c1ccc(N2CCCCC2)c(NC(=O)c2ccc(C(F)(F)F)nc2C)c1. The molecule has 186 valence electrons. The first-order valence-corrected chi connectivity index (χ1v) is 12.7. The number of hydrogen-bond acceptors (Lipinski definition) is 5. The Balaban J connectivity index is 2.01. The maximum Gasteiger partial charge on any atom is 0.433 e. The highest BCUT2D eigenvalue weighted by Crippen LogP contribution is 2.33. The van der Waals surface area contributed by atoms with Crippen molar-refractivity contribution in [2.75, 3.05) is 36.4 Å². The molecule has 2 heterocycles. The number of benzene rings is 1. The summed E-state index contributed by atoms with van der Waals surface area (Å²) in [5.74, 6) is -0.658. The van der Waals surface area contributed by atoms with Crippen LogP contribution < -0.4 is 10.2 Å². The predicted octanol–water partition coefficient (Wildman–Crippen LogP) is 4.68. The number of halogens is 3. The molecule has 11 heteroatoms. The van der Waals surface area contributed by atoms with Gasteiger partial charge in [0.25, 0.3) is 5.91 Å². The molecule has 0 radical (unpaired) electrons. The molecule has 1 aromatic carbocycles. The number of carbonyl (C=O) groups excluding carboxylic acids is 1. The molecule has 1 saturated heterocycles. The van der Waals surface area contributed by atoms with E-state index >= 15 is 0 Å². The van der Waals surface area contributed by atoms with Crippen LogP contribution >= 0.6 is 0 Å². The Morgan fingerprint density at radius 2 is 1.74 bits per heavy atom. The van der Waals surface area contributed by atoms with Crippen LogP contribution in [0, 0.1) is 6.92 Å². The fourth-order valence-corrected chi connectivity index (χ4v) is 5.53. The van der Waals surface area contributed by atoms with Gasteiger partial charge in [0.15, 0.2) is 0 Å². The number of amides is 1. The minimum Gasteiger partial charge on any atom is -0.370 e. The van der Waals surface area contributed by atoms with E-state index in [1.807, 2.05) is 0 Å². The van der Waals surface area contributed by atoms with E-state index in [1.165, 1.54) is 23.4 Å². The van der Waals surface area contributed by atoms with Gasteiger partial charge in [-0.2, -0.15) is 17.5 Å². The van der Waals surface area contributed by atoms with Crippen LogP contribution in [0.1, 0.15) is 54.9 Å². The average molecular weight is 499 g/mol. The number of aromatic nitrogens is 1. The van der Waals surface area contributed by atoms with E-state index < -0.39 is 27.8 Å². The van der Waals surface area contributed by atoms with Gasteiger partial charge in [-0.25, -0.2) is 13.4 Å². The summed E-state index contributed by atoms with van der Waals surface area (Å²) in [5, 5.41) is 2.73. The number of pyridine rings is 1. The first kappa shape index (κ1) is 26.0. The maximum absolute atomic E-state index is 13.1. The van der Waals surface area contributed by atoms with Crippen LogP contribution in [-0.2, 0) is 16.2 Å². The Morgan fingerprint density at radius 1 is 1.09 bits per heavy atom. The Labute approximate surface area is 198 Å². The highest BCUT2D eigenvalue weighted by Gasteiger charge is 2.33. The molecule has 1 aliphatic rings. The number of hydrogen-bond donors (Lipinski definition) is 1. The fourth-order valence-electron chi connectivity index (χ4n) is 4.05. The standard InChI is InChI=1S/C23H29F3N4O3S/c1-4-30(5-2)34(32,33)17-9-11-20(29-13-7-6-8-14-29)19(15-17)28-22(31)18-10-12-21(23(24,25)26)27-16(18)3/h9-12,15H,4-8,13-14H2,1-3H3,(H,28,31). The van der Waals surface area contributed by atoms with Crippen molar-refractivity contribution in [3.05, 3.63) is 47.3 Å². The second-order valence-corrected chi connectivity index (χ2v) is 10.0. The Bertz CT molecular complexity index is 1140. The second kappa shape index (κ2) is 10.3. The van der Waals surface area contributed by atoms with E-state index in [1.54, 1.807) is 19.9 Å². The minimum atomic E-state index is -4.62. The number of piperidine rings is 1. The first-order valence-electron chi connectivity index (χ1n) is 11.2. The summed E-state index contributed by atoms with van der Waals surface area (Å²) in [4.78, 5) is 18.7. The van der Waals surface area contributed by atoms with E-state index in [2.05, 4.69) is 15.2 Å². The lowest BCUT2D eigenvalue weighted by atomic mass is 10.1. The van der Waals surface area contributed by atoms with Gasteiger partial charge in [-0.1, -0.05) is 13.8 Å². The average Bonchev–Trinajstić information content (AvgIpc) is 2.79. The number of sulfonamides is 1. The third kappa shape index (κ3) is 5.52. The molecule has 34 heavy (non-hydrogen) atoms. The lowest BCUT2D eigenvalue weighted by Gasteiger charge is -2.31. The number of nitrogens with one attached hydrogen (secondary N) is 1. The first-order chi connectivity index (χ1) is 16.0. The van der Waals surface area contributed by atoms with Gasteiger partial charge in [0.2, 0.25) is 10.0 Å². The van der Waals surface area contributed by atoms with E-state index in [0.29, 0.717) is 24.5 Å². The van der Waals surface area contributed by atoms with Crippen molar-refractivity contribution in [3.8, 4) is 0 Å². The molecule has 1 N–H and O–H groups in total. The third-order valence-corrected chi connectivity index (χ3v) is 7.92. The van der Waals surface area contributed by atoms with E-state index in [9.17, 15) is 26.4 Å². The number of nitrogens with zero attached hydrogens (tertiary/aromatic N) is 3. The van der Waals surface area contributed by atoms with Crippen molar-refractivity contribution in [2.24, 2.45) is 0 Å². The van der Waals surface area contributed by atoms with Crippen molar-refractivity contribution >= 4 is 27.3 Å². The number of anilines is 2. The van der Waals surface area contributed by atoms with Gasteiger partial charge in [-0.05, 0) is 56.5 Å². The molecule has 0 atom stereocenters. The molecular weight excluding hydrogens is 469 g/mol. The lowest BCUT2D eigenvalue weighted by Crippen LogP contribution is -2.32. The van der Waals surface area contributed by atoms with Crippen LogP contribution in [0.5, 0.6) is 0 Å². The Kier molecular flexibility index (Phi) is 7.87. The minimum absolute atomic E-state index is 0.0189. The van der Waals surface area contributed by atoms with Crippen LogP contribution in [0.15, 0.2) is 35.2 Å². The summed E-state index contributed by atoms with van der Waals surface area (Å²) in [6.45, 7) is 6.92. The van der Waals surface area contributed by atoms with Gasteiger partial charge in [-0.3, -0.25) is 4.79 Å². The van der Waals surface area contributed by atoms with Crippen LogP contribution in [0.3, 0.4) is 0 Å². The summed E-state index contributed by atoms with van der Waals surface area (Å²) >= 11 is 0. The molecule has 0 bridgehead atoms. The van der Waals surface area contributed by atoms with Crippen LogP contribution in [-0.4, -0.2) is 49.8 Å². The van der Waals surface area contributed by atoms with Crippen molar-refractivity contribution < 1.29 is 26.4 Å². The fraction of sp³-hybridized carbons (Fsp3) is 0.478. The highest BCUT2D eigenvalue weighted by atomic mass is 32.2. The van der Waals surface area contributed by atoms with Crippen molar-refractivity contribution in [2.45, 2.75) is 51.1 Å². The van der Waals surface area contributed by atoms with Crippen LogP contribution in [0.4, 0.5) is 24.5 Å². The highest BCUT2D eigenvalue weighted by molar-refractivity contribution is 7.89. The molecule has 0 spiro atoms. The normalized spacial score (nSPS) is 15.0. The van der Waals surface area contributed by atoms with E-state index in [4.69, 9.17) is 0 Å². The van der Waals surface area contributed by atoms with Crippen LogP contribution in [0.25, 0.3) is 0 Å². The zero-order chi connectivity index (χ0) is 25.1. The van der Waals surface area contributed by atoms with Crippen molar-refractivity contribution in [1.82, 2.24) is 9.29 Å². The monoisotopic (exact) mass is 498 g/mol.